The van der Waals surface area contributed by atoms with E-state index in [1.165, 1.54) is 0 Å². The second-order valence-corrected chi connectivity index (χ2v) is 11.9. The van der Waals surface area contributed by atoms with Crippen molar-refractivity contribution in [3.8, 4) is 5.88 Å². The van der Waals surface area contributed by atoms with Crippen LogP contribution in [0.4, 0.5) is 17.6 Å². The van der Waals surface area contributed by atoms with Crippen LogP contribution in [-0.2, 0) is 36.0 Å². The highest BCUT2D eigenvalue weighted by molar-refractivity contribution is 5.92. The molecule has 0 bridgehead atoms. The molecule has 2 aromatic carbocycles. The summed E-state index contributed by atoms with van der Waals surface area (Å²) in [5.74, 6) is -0.373. The number of hydrogen-bond acceptors (Lipinski definition) is 6. The zero-order valence-electron chi connectivity index (χ0n) is 23.7. The number of imidazole rings is 1. The summed E-state index contributed by atoms with van der Waals surface area (Å²) >= 11 is 0. The van der Waals surface area contributed by atoms with E-state index < -0.39 is 23.5 Å². The highest BCUT2D eigenvalue weighted by atomic mass is 19.4. The molecule has 2 saturated heterocycles. The average Bonchev–Trinajstić information content (AvgIpc) is 3.61. The van der Waals surface area contributed by atoms with E-state index in [4.69, 9.17) is 19.4 Å². The third-order valence-electron chi connectivity index (χ3n) is 9.19. The van der Waals surface area contributed by atoms with E-state index in [0.29, 0.717) is 31.0 Å². The molecule has 0 radical (unpaired) electrons. The molecule has 12 heteroatoms. The molecule has 0 amide bonds. The lowest BCUT2D eigenvalue weighted by atomic mass is 9.91. The van der Waals surface area contributed by atoms with Crippen LogP contribution in [0.15, 0.2) is 54.6 Å². The molecule has 8 nitrogen and oxygen atoms in total. The highest BCUT2D eigenvalue weighted by Crippen LogP contribution is 2.59. The van der Waals surface area contributed by atoms with Gasteiger partial charge in [-0.25, -0.2) is 19.2 Å². The van der Waals surface area contributed by atoms with Crippen molar-refractivity contribution in [2.24, 2.45) is 5.92 Å². The van der Waals surface area contributed by atoms with E-state index in [9.17, 15) is 27.5 Å². The standard InChI is InChI=1S/C32H30F4N4O4/c33-24-13-21(32(34,35)36)6-4-20(24)18-44-29-3-1-2-27(38-29)31-9-10-39(15-22(31)14-31)17-28-37-25-7-5-19(30(41)42)12-26(25)40(28)16-23-8-11-43-23/h1-7,12-13,22-23H,8-11,14-18H2,(H,41,42)/t22?,23-,31?/m0/s1. The summed E-state index contributed by atoms with van der Waals surface area (Å²) in [7, 11) is 0. The van der Waals surface area contributed by atoms with E-state index in [2.05, 4.69) is 9.47 Å². The lowest BCUT2D eigenvalue weighted by molar-refractivity contribution is -0.137. The molecule has 3 atom stereocenters. The summed E-state index contributed by atoms with van der Waals surface area (Å²) in [6, 6.07) is 12.9. The van der Waals surface area contributed by atoms with Crippen molar-refractivity contribution in [1.29, 1.82) is 0 Å². The Morgan fingerprint density at radius 1 is 1.14 bits per heavy atom. The Balaban J connectivity index is 1.03. The van der Waals surface area contributed by atoms with Crippen LogP contribution < -0.4 is 4.74 Å². The van der Waals surface area contributed by atoms with Gasteiger partial charge in [-0.1, -0.05) is 12.1 Å². The third-order valence-corrected chi connectivity index (χ3v) is 9.19. The quantitative estimate of drug-likeness (QED) is 0.239. The smallest absolute Gasteiger partial charge is 0.416 e. The van der Waals surface area contributed by atoms with Crippen LogP contribution >= 0.6 is 0 Å². The number of nitrogens with zero attached hydrogens (tertiary/aromatic N) is 4. The number of piperidine rings is 1. The molecule has 7 rings (SSSR count). The molecule has 4 heterocycles. The van der Waals surface area contributed by atoms with Gasteiger partial charge in [0.15, 0.2) is 0 Å². The van der Waals surface area contributed by atoms with Gasteiger partial charge < -0.3 is 19.1 Å². The number of carbonyl (C=O) groups is 1. The van der Waals surface area contributed by atoms with Gasteiger partial charge in [-0.2, -0.15) is 13.2 Å². The van der Waals surface area contributed by atoms with Crippen LogP contribution in [-0.4, -0.2) is 56.3 Å². The monoisotopic (exact) mass is 610 g/mol. The second kappa shape index (κ2) is 10.8. The fourth-order valence-electron chi connectivity index (χ4n) is 6.50. The molecular weight excluding hydrogens is 580 g/mol. The Labute approximate surface area is 250 Å². The summed E-state index contributed by atoms with van der Waals surface area (Å²) in [4.78, 5) is 23.6. The van der Waals surface area contributed by atoms with Crippen molar-refractivity contribution >= 4 is 17.0 Å². The molecule has 1 aliphatic carbocycles. The van der Waals surface area contributed by atoms with Gasteiger partial charge >= 0.3 is 12.1 Å². The summed E-state index contributed by atoms with van der Waals surface area (Å²) in [6.07, 6.45) is -1.70. The number of halogens is 4. The maximum atomic E-state index is 14.3. The van der Waals surface area contributed by atoms with Gasteiger partial charge in [-0.15, -0.1) is 0 Å². The first-order valence-corrected chi connectivity index (χ1v) is 14.6. The molecule has 0 spiro atoms. The highest BCUT2D eigenvalue weighted by Gasteiger charge is 2.58. The summed E-state index contributed by atoms with van der Waals surface area (Å²) in [5.41, 5.74) is 1.60. The zero-order chi connectivity index (χ0) is 30.6. The molecule has 2 aliphatic heterocycles. The Bertz CT molecular complexity index is 1740. The predicted molar refractivity (Wildman–Crippen MR) is 151 cm³/mol. The van der Waals surface area contributed by atoms with Crippen LogP contribution in [0.5, 0.6) is 5.88 Å². The van der Waals surface area contributed by atoms with Crippen molar-refractivity contribution in [2.45, 2.75) is 56.7 Å². The lowest BCUT2D eigenvalue weighted by Crippen LogP contribution is -2.37. The first kappa shape index (κ1) is 28.7. The number of fused-ring (bicyclic) bond motifs is 2. The van der Waals surface area contributed by atoms with E-state index >= 15 is 0 Å². The number of aromatic nitrogens is 3. The van der Waals surface area contributed by atoms with E-state index in [-0.39, 0.29) is 29.3 Å². The van der Waals surface area contributed by atoms with Crippen molar-refractivity contribution in [3.63, 3.8) is 0 Å². The summed E-state index contributed by atoms with van der Waals surface area (Å²) in [6.45, 7) is 3.44. The SMILES string of the molecule is O=C(O)c1ccc2nc(CN3CCC4(c5cccc(OCc6ccc(C(F)(F)F)cc6F)n5)CC4C3)n(C[C@@H]3CCO3)c2c1. The number of carboxylic acids is 1. The van der Waals surface area contributed by atoms with Gasteiger partial charge in [0, 0.05) is 30.2 Å². The molecule has 2 unspecified atom stereocenters. The van der Waals surface area contributed by atoms with Gasteiger partial charge in [-0.3, -0.25) is 4.90 Å². The molecular formula is C32H30F4N4O4. The molecule has 2 aromatic heterocycles. The number of benzene rings is 2. The fraction of sp³-hybridized carbons (Fsp3) is 0.406. The Morgan fingerprint density at radius 2 is 1.98 bits per heavy atom. The van der Waals surface area contributed by atoms with Gasteiger partial charge in [-0.05, 0) is 68.1 Å². The number of hydrogen-bond donors (Lipinski definition) is 1. The van der Waals surface area contributed by atoms with E-state index in [0.717, 1.165) is 73.6 Å². The van der Waals surface area contributed by atoms with Crippen LogP contribution in [0, 0.1) is 11.7 Å². The number of carboxylic acid groups (broad SMARTS) is 1. The number of ether oxygens (including phenoxy) is 2. The molecule has 1 saturated carbocycles. The maximum absolute atomic E-state index is 14.3. The zero-order valence-corrected chi connectivity index (χ0v) is 23.7. The van der Waals surface area contributed by atoms with Crippen molar-refractivity contribution < 1.29 is 36.9 Å². The second-order valence-electron chi connectivity index (χ2n) is 11.9. The first-order chi connectivity index (χ1) is 21.1. The third kappa shape index (κ3) is 5.41. The number of alkyl halides is 3. The van der Waals surface area contributed by atoms with E-state index in [1.807, 2.05) is 12.1 Å². The van der Waals surface area contributed by atoms with Gasteiger partial charge in [0.25, 0.3) is 0 Å². The first-order valence-electron chi connectivity index (χ1n) is 14.6. The van der Waals surface area contributed by atoms with Crippen LogP contribution in [0.2, 0.25) is 0 Å². The molecule has 1 N–H and O–H groups in total. The summed E-state index contributed by atoms with van der Waals surface area (Å²) in [5, 5.41) is 9.51. The normalized spacial score (nSPS) is 23.3. The van der Waals surface area contributed by atoms with Crippen LogP contribution in [0.1, 0.15) is 52.3 Å². The molecule has 4 aromatic rings. The predicted octanol–water partition coefficient (Wildman–Crippen LogP) is 5.82. The molecule has 230 valence electrons. The lowest BCUT2D eigenvalue weighted by Gasteiger charge is -2.32. The fourth-order valence-corrected chi connectivity index (χ4v) is 6.50. The Hall–Kier alpha value is -4.03. The molecule has 3 fully saturated rings. The van der Waals surface area contributed by atoms with Crippen molar-refractivity contribution in [2.75, 3.05) is 19.7 Å². The number of rotatable bonds is 9. The van der Waals surface area contributed by atoms with Crippen molar-refractivity contribution in [3.05, 3.63) is 88.6 Å². The number of likely N-dealkylation sites (tertiary alicyclic amines) is 1. The van der Waals surface area contributed by atoms with Gasteiger partial charge in [0.1, 0.15) is 18.2 Å². The minimum Gasteiger partial charge on any atom is -0.478 e. The molecule has 44 heavy (non-hydrogen) atoms. The Kier molecular flexibility index (Phi) is 7.08. The largest absolute Gasteiger partial charge is 0.478 e. The molecule has 3 aliphatic rings. The van der Waals surface area contributed by atoms with Gasteiger partial charge in [0.05, 0.1) is 47.0 Å². The minimum atomic E-state index is -4.61. The van der Waals surface area contributed by atoms with Gasteiger partial charge in [0.2, 0.25) is 5.88 Å². The number of aromatic carboxylic acids is 1. The van der Waals surface area contributed by atoms with Crippen LogP contribution in [0.3, 0.4) is 0 Å². The van der Waals surface area contributed by atoms with Crippen LogP contribution in [0.25, 0.3) is 11.0 Å². The number of pyridine rings is 1. The summed E-state index contributed by atoms with van der Waals surface area (Å²) < 4.78 is 66.4. The maximum Gasteiger partial charge on any atom is 0.416 e. The van der Waals surface area contributed by atoms with Crippen molar-refractivity contribution in [1.82, 2.24) is 19.4 Å². The Morgan fingerprint density at radius 3 is 2.68 bits per heavy atom. The average molecular weight is 611 g/mol. The minimum absolute atomic E-state index is 0.0232. The van der Waals surface area contributed by atoms with E-state index in [1.54, 1.807) is 24.3 Å². The topological polar surface area (TPSA) is 89.7 Å².